The topological polar surface area (TPSA) is 55.6 Å². The zero-order valence-electron chi connectivity index (χ0n) is 11.2. The zero-order valence-corrected chi connectivity index (χ0v) is 12.8. The molecule has 0 aromatic heterocycles. The largest absolute Gasteiger partial charge is 0.496 e. The lowest BCUT2D eigenvalue weighted by Gasteiger charge is -2.28. The standard InChI is InChI=1S/C14H19BrN2O2/c1-3-6-17-13(18)8-11(16)14(17)10-7-9(15)4-5-12(10)19-2/h4-5,7,11,14H,3,6,8,16H2,1-2H3. The number of likely N-dealkylation sites (tertiary alicyclic amines) is 1. The Kier molecular flexibility index (Phi) is 4.47. The predicted octanol–water partition coefficient (Wildman–Crippen LogP) is 2.47. The maximum absolute atomic E-state index is 12.0. The van der Waals surface area contributed by atoms with E-state index >= 15 is 0 Å². The number of nitrogens with zero attached hydrogens (tertiary/aromatic N) is 1. The molecule has 5 heteroatoms. The Morgan fingerprint density at radius 2 is 2.26 bits per heavy atom. The van der Waals surface area contributed by atoms with E-state index in [1.807, 2.05) is 23.1 Å². The van der Waals surface area contributed by atoms with Crippen molar-refractivity contribution in [2.45, 2.75) is 31.8 Å². The van der Waals surface area contributed by atoms with Crippen LogP contribution in [-0.2, 0) is 4.79 Å². The van der Waals surface area contributed by atoms with Crippen molar-refractivity contribution in [2.24, 2.45) is 5.73 Å². The highest BCUT2D eigenvalue weighted by atomic mass is 79.9. The maximum atomic E-state index is 12.0. The smallest absolute Gasteiger partial charge is 0.224 e. The highest BCUT2D eigenvalue weighted by Crippen LogP contribution is 2.38. The van der Waals surface area contributed by atoms with Crippen LogP contribution in [-0.4, -0.2) is 30.5 Å². The molecule has 0 bridgehead atoms. The molecule has 2 N–H and O–H groups in total. The molecular formula is C14H19BrN2O2. The number of hydrogen-bond donors (Lipinski definition) is 1. The highest BCUT2D eigenvalue weighted by molar-refractivity contribution is 9.10. The first-order valence-electron chi connectivity index (χ1n) is 6.47. The van der Waals surface area contributed by atoms with Crippen LogP contribution >= 0.6 is 15.9 Å². The van der Waals surface area contributed by atoms with Gasteiger partial charge in [0, 0.05) is 29.0 Å². The van der Waals surface area contributed by atoms with E-state index in [4.69, 9.17) is 10.5 Å². The Bertz CT molecular complexity index is 479. The fourth-order valence-electron chi connectivity index (χ4n) is 2.66. The summed E-state index contributed by atoms with van der Waals surface area (Å²) in [5, 5.41) is 0. The zero-order chi connectivity index (χ0) is 14.0. The van der Waals surface area contributed by atoms with Gasteiger partial charge in [0.15, 0.2) is 0 Å². The lowest BCUT2D eigenvalue weighted by atomic mass is 9.99. The van der Waals surface area contributed by atoms with Gasteiger partial charge in [0.2, 0.25) is 5.91 Å². The quantitative estimate of drug-likeness (QED) is 0.924. The monoisotopic (exact) mass is 326 g/mol. The van der Waals surface area contributed by atoms with Crippen molar-refractivity contribution in [3.63, 3.8) is 0 Å². The average Bonchev–Trinajstić information content (AvgIpc) is 2.65. The second-order valence-corrected chi connectivity index (χ2v) is 5.70. The molecule has 0 saturated carbocycles. The first kappa shape index (κ1) is 14.3. The molecule has 0 spiro atoms. The number of benzene rings is 1. The number of methoxy groups -OCH3 is 1. The van der Waals surface area contributed by atoms with Crippen LogP contribution in [0.1, 0.15) is 31.4 Å². The third-order valence-corrected chi connectivity index (χ3v) is 3.94. The number of amides is 1. The van der Waals surface area contributed by atoms with Crippen LogP contribution in [0.2, 0.25) is 0 Å². The van der Waals surface area contributed by atoms with E-state index in [9.17, 15) is 4.79 Å². The number of nitrogens with two attached hydrogens (primary N) is 1. The van der Waals surface area contributed by atoms with E-state index in [1.54, 1.807) is 7.11 Å². The molecule has 1 amide bonds. The van der Waals surface area contributed by atoms with Crippen molar-refractivity contribution in [1.82, 2.24) is 4.90 Å². The molecule has 0 aliphatic carbocycles. The second-order valence-electron chi connectivity index (χ2n) is 4.79. The van der Waals surface area contributed by atoms with Crippen LogP contribution in [0.15, 0.2) is 22.7 Å². The van der Waals surface area contributed by atoms with Crippen molar-refractivity contribution in [3.8, 4) is 5.75 Å². The molecule has 0 radical (unpaired) electrons. The molecule has 1 aliphatic heterocycles. The molecular weight excluding hydrogens is 308 g/mol. The number of hydrogen-bond acceptors (Lipinski definition) is 3. The van der Waals surface area contributed by atoms with Gasteiger partial charge in [-0.15, -0.1) is 0 Å². The fourth-order valence-corrected chi connectivity index (χ4v) is 3.04. The van der Waals surface area contributed by atoms with Crippen molar-refractivity contribution < 1.29 is 9.53 Å². The van der Waals surface area contributed by atoms with Crippen molar-refractivity contribution in [1.29, 1.82) is 0 Å². The van der Waals surface area contributed by atoms with Gasteiger partial charge in [0.05, 0.1) is 13.2 Å². The number of ether oxygens (including phenoxy) is 1. The molecule has 2 unspecified atom stereocenters. The van der Waals surface area contributed by atoms with Crippen LogP contribution in [0.3, 0.4) is 0 Å². The summed E-state index contributed by atoms with van der Waals surface area (Å²) in [7, 11) is 1.64. The minimum atomic E-state index is -0.178. The predicted molar refractivity (Wildman–Crippen MR) is 78.0 cm³/mol. The molecule has 1 aromatic carbocycles. The lowest BCUT2D eigenvalue weighted by Crippen LogP contribution is -2.33. The summed E-state index contributed by atoms with van der Waals surface area (Å²) in [5.41, 5.74) is 7.14. The summed E-state index contributed by atoms with van der Waals surface area (Å²) in [6.45, 7) is 2.79. The van der Waals surface area contributed by atoms with Gasteiger partial charge in [-0.2, -0.15) is 0 Å². The van der Waals surface area contributed by atoms with E-state index in [-0.39, 0.29) is 18.0 Å². The molecule has 1 aromatic rings. The van der Waals surface area contributed by atoms with E-state index in [0.717, 1.165) is 28.8 Å². The van der Waals surface area contributed by atoms with E-state index in [1.165, 1.54) is 0 Å². The third-order valence-electron chi connectivity index (χ3n) is 3.45. The molecule has 1 aliphatic rings. The van der Waals surface area contributed by atoms with Crippen LogP contribution < -0.4 is 10.5 Å². The Morgan fingerprint density at radius 1 is 1.53 bits per heavy atom. The molecule has 104 valence electrons. The first-order chi connectivity index (χ1) is 9.08. The summed E-state index contributed by atoms with van der Waals surface area (Å²) in [6.07, 6.45) is 1.33. The number of carbonyl (C=O) groups is 1. The van der Waals surface area contributed by atoms with Crippen LogP contribution in [0.4, 0.5) is 0 Å². The summed E-state index contributed by atoms with van der Waals surface area (Å²) in [4.78, 5) is 13.9. The molecule has 2 atom stereocenters. The van der Waals surface area contributed by atoms with Crippen molar-refractivity contribution in [3.05, 3.63) is 28.2 Å². The Hall–Kier alpha value is -1.07. The molecule has 2 rings (SSSR count). The minimum Gasteiger partial charge on any atom is -0.496 e. The molecule has 1 fully saturated rings. The van der Waals surface area contributed by atoms with Gasteiger partial charge in [-0.3, -0.25) is 4.79 Å². The van der Waals surface area contributed by atoms with Gasteiger partial charge in [-0.1, -0.05) is 22.9 Å². The normalized spacial score (nSPS) is 22.9. The first-order valence-corrected chi connectivity index (χ1v) is 7.26. The minimum absolute atomic E-state index is 0.0973. The van der Waals surface area contributed by atoms with Crippen LogP contribution in [0.25, 0.3) is 0 Å². The van der Waals surface area contributed by atoms with Gasteiger partial charge in [-0.05, 0) is 24.6 Å². The summed E-state index contributed by atoms with van der Waals surface area (Å²) in [6, 6.07) is 5.54. The van der Waals surface area contributed by atoms with E-state index in [2.05, 4.69) is 22.9 Å². The van der Waals surface area contributed by atoms with E-state index in [0.29, 0.717) is 6.42 Å². The molecule has 19 heavy (non-hydrogen) atoms. The number of carbonyl (C=O) groups excluding carboxylic acids is 1. The van der Waals surface area contributed by atoms with Crippen LogP contribution in [0.5, 0.6) is 5.75 Å². The SMILES string of the molecule is CCCN1C(=O)CC(N)C1c1cc(Br)ccc1OC. The number of halogens is 1. The molecule has 1 heterocycles. The maximum Gasteiger partial charge on any atom is 0.224 e. The van der Waals surface area contributed by atoms with Gasteiger partial charge >= 0.3 is 0 Å². The second kappa shape index (κ2) is 5.92. The summed E-state index contributed by atoms with van der Waals surface area (Å²) < 4.78 is 6.37. The average molecular weight is 327 g/mol. The van der Waals surface area contributed by atoms with Gasteiger partial charge in [0.1, 0.15) is 5.75 Å². The molecule has 4 nitrogen and oxygen atoms in total. The summed E-state index contributed by atoms with van der Waals surface area (Å²) in [5.74, 6) is 0.904. The van der Waals surface area contributed by atoms with Gasteiger partial charge in [-0.25, -0.2) is 0 Å². The summed E-state index contributed by atoms with van der Waals surface area (Å²) >= 11 is 3.47. The van der Waals surface area contributed by atoms with Crippen LogP contribution in [0, 0.1) is 0 Å². The Morgan fingerprint density at radius 3 is 2.89 bits per heavy atom. The Labute approximate surface area is 122 Å². The lowest BCUT2D eigenvalue weighted by molar-refractivity contribution is -0.129. The highest BCUT2D eigenvalue weighted by Gasteiger charge is 2.39. The Balaban J connectivity index is 2.43. The van der Waals surface area contributed by atoms with Gasteiger partial charge in [0.25, 0.3) is 0 Å². The third kappa shape index (κ3) is 2.77. The van der Waals surface area contributed by atoms with E-state index < -0.39 is 0 Å². The molecule has 1 saturated heterocycles. The fraction of sp³-hybridized carbons (Fsp3) is 0.500. The van der Waals surface area contributed by atoms with Gasteiger partial charge < -0.3 is 15.4 Å². The number of rotatable bonds is 4. The van der Waals surface area contributed by atoms with Crippen molar-refractivity contribution in [2.75, 3.05) is 13.7 Å². The van der Waals surface area contributed by atoms with Crippen molar-refractivity contribution >= 4 is 21.8 Å².